The average molecular weight is 236 g/mol. The Morgan fingerprint density at radius 1 is 1.47 bits per heavy atom. The maximum atomic E-state index is 10.8. The van der Waals surface area contributed by atoms with Crippen LogP contribution in [0.25, 0.3) is 0 Å². The number of hydrogen-bond acceptors (Lipinski definition) is 3. The molecule has 0 aliphatic heterocycles. The molecular formula is C13H20N2O2. The number of rotatable bonds is 7. The van der Waals surface area contributed by atoms with Crippen LogP contribution in [0.3, 0.4) is 0 Å². The molecule has 0 saturated heterocycles. The molecule has 4 nitrogen and oxygen atoms in total. The van der Waals surface area contributed by atoms with Gasteiger partial charge in [-0.25, -0.2) is 4.79 Å². The van der Waals surface area contributed by atoms with E-state index in [4.69, 9.17) is 5.11 Å². The van der Waals surface area contributed by atoms with E-state index in [9.17, 15) is 4.79 Å². The highest BCUT2D eigenvalue weighted by atomic mass is 16.4. The van der Waals surface area contributed by atoms with Gasteiger partial charge < -0.3 is 15.3 Å². The number of hydrogen-bond donors (Lipinski definition) is 2. The number of carboxylic acids is 1. The molecule has 0 aromatic heterocycles. The zero-order valence-corrected chi connectivity index (χ0v) is 10.4. The lowest BCUT2D eigenvalue weighted by Gasteiger charge is -2.16. The van der Waals surface area contributed by atoms with Crippen LogP contribution in [-0.2, 0) is 6.54 Å². The van der Waals surface area contributed by atoms with Crippen LogP contribution in [0.2, 0.25) is 0 Å². The highest BCUT2D eigenvalue weighted by Crippen LogP contribution is 2.07. The van der Waals surface area contributed by atoms with Crippen LogP contribution >= 0.6 is 0 Å². The fraction of sp³-hybridized carbons (Fsp3) is 0.462. The summed E-state index contributed by atoms with van der Waals surface area (Å²) in [5.74, 6) is -0.873. The van der Waals surface area contributed by atoms with Crippen LogP contribution in [0.15, 0.2) is 24.3 Å². The molecule has 0 unspecified atom stereocenters. The van der Waals surface area contributed by atoms with Gasteiger partial charge in [-0.05, 0) is 31.3 Å². The van der Waals surface area contributed by atoms with Crippen LogP contribution in [0.1, 0.15) is 22.8 Å². The maximum Gasteiger partial charge on any atom is 0.335 e. The Hall–Kier alpha value is -1.39. The monoisotopic (exact) mass is 236 g/mol. The highest BCUT2D eigenvalue weighted by molar-refractivity contribution is 5.87. The summed E-state index contributed by atoms with van der Waals surface area (Å²) >= 11 is 0. The first-order chi connectivity index (χ1) is 8.13. The topological polar surface area (TPSA) is 52.6 Å². The molecule has 0 saturated carbocycles. The largest absolute Gasteiger partial charge is 0.478 e. The van der Waals surface area contributed by atoms with Crippen molar-refractivity contribution in [3.8, 4) is 0 Å². The van der Waals surface area contributed by atoms with E-state index in [1.807, 2.05) is 13.1 Å². The van der Waals surface area contributed by atoms with Crippen molar-refractivity contribution in [3.63, 3.8) is 0 Å². The number of likely N-dealkylation sites (N-methyl/N-ethyl adjacent to an activating group) is 2. The van der Waals surface area contributed by atoms with Gasteiger partial charge in [0.1, 0.15) is 0 Å². The van der Waals surface area contributed by atoms with E-state index in [0.29, 0.717) is 5.56 Å². The summed E-state index contributed by atoms with van der Waals surface area (Å²) in [4.78, 5) is 13.0. The SMILES string of the molecule is CCNCCN(C)Cc1cccc(C(=O)O)c1. The van der Waals surface area contributed by atoms with Crippen molar-refractivity contribution in [1.29, 1.82) is 0 Å². The second-order valence-corrected chi connectivity index (χ2v) is 4.10. The molecule has 2 N–H and O–H groups in total. The zero-order valence-electron chi connectivity index (χ0n) is 10.4. The second kappa shape index (κ2) is 7.04. The number of aromatic carboxylic acids is 1. The van der Waals surface area contributed by atoms with E-state index in [2.05, 4.69) is 17.1 Å². The molecular weight excluding hydrogens is 216 g/mol. The van der Waals surface area contributed by atoms with Crippen molar-refractivity contribution in [3.05, 3.63) is 35.4 Å². The minimum absolute atomic E-state index is 0.350. The van der Waals surface area contributed by atoms with Gasteiger partial charge in [0, 0.05) is 19.6 Å². The number of nitrogens with one attached hydrogen (secondary N) is 1. The van der Waals surface area contributed by atoms with Gasteiger partial charge in [-0.2, -0.15) is 0 Å². The molecule has 4 heteroatoms. The van der Waals surface area contributed by atoms with Crippen LogP contribution in [0, 0.1) is 0 Å². The molecule has 94 valence electrons. The Balaban J connectivity index is 2.50. The fourth-order valence-electron chi connectivity index (χ4n) is 1.64. The summed E-state index contributed by atoms with van der Waals surface area (Å²) in [6.45, 7) is 5.72. The minimum atomic E-state index is -0.873. The molecule has 0 amide bonds. The Morgan fingerprint density at radius 3 is 2.88 bits per heavy atom. The van der Waals surface area contributed by atoms with Crippen molar-refractivity contribution in [1.82, 2.24) is 10.2 Å². The Kier molecular flexibility index (Phi) is 5.66. The average Bonchev–Trinajstić information content (AvgIpc) is 2.29. The van der Waals surface area contributed by atoms with Gasteiger partial charge in [-0.15, -0.1) is 0 Å². The molecule has 0 aliphatic rings. The molecule has 0 aliphatic carbocycles. The molecule has 0 radical (unpaired) electrons. The van der Waals surface area contributed by atoms with E-state index in [-0.39, 0.29) is 0 Å². The molecule has 1 rings (SSSR count). The molecule has 1 aromatic rings. The Labute approximate surface area is 102 Å². The maximum absolute atomic E-state index is 10.8. The molecule has 0 spiro atoms. The van der Waals surface area contributed by atoms with Crippen LogP contribution in [0.5, 0.6) is 0 Å². The van der Waals surface area contributed by atoms with Crippen molar-refractivity contribution in [2.24, 2.45) is 0 Å². The van der Waals surface area contributed by atoms with E-state index < -0.39 is 5.97 Å². The predicted molar refractivity (Wildman–Crippen MR) is 68.3 cm³/mol. The first-order valence-corrected chi connectivity index (χ1v) is 5.85. The molecule has 0 atom stereocenters. The summed E-state index contributed by atoms with van der Waals surface area (Å²) in [5.41, 5.74) is 1.38. The van der Waals surface area contributed by atoms with E-state index in [1.165, 1.54) is 0 Å². The third kappa shape index (κ3) is 4.97. The predicted octanol–water partition coefficient (Wildman–Crippen LogP) is 1.43. The van der Waals surface area contributed by atoms with Gasteiger partial charge in [0.25, 0.3) is 0 Å². The molecule has 0 heterocycles. The van der Waals surface area contributed by atoms with Gasteiger partial charge in [0.2, 0.25) is 0 Å². The smallest absolute Gasteiger partial charge is 0.335 e. The van der Waals surface area contributed by atoms with Crippen LogP contribution in [0.4, 0.5) is 0 Å². The normalized spacial score (nSPS) is 10.8. The van der Waals surface area contributed by atoms with Gasteiger partial charge in [0.15, 0.2) is 0 Å². The third-order valence-electron chi connectivity index (χ3n) is 2.55. The first-order valence-electron chi connectivity index (χ1n) is 5.85. The van der Waals surface area contributed by atoms with E-state index in [0.717, 1.165) is 31.7 Å². The van der Waals surface area contributed by atoms with Crippen molar-refractivity contribution in [2.75, 3.05) is 26.7 Å². The molecule has 17 heavy (non-hydrogen) atoms. The Morgan fingerprint density at radius 2 is 2.24 bits per heavy atom. The molecule has 0 bridgehead atoms. The summed E-state index contributed by atoms with van der Waals surface area (Å²) in [5, 5.41) is 12.2. The summed E-state index contributed by atoms with van der Waals surface area (Å²) in [6, 6.07) is 7.09. The van der Waals surface area contributed by atoms with Crippen LogP contribution in [-0.4, -0.2) is 42.7 Å². The molecule has 1 aromatic carbocycles. The first kappa shape index (κ1) is 13.7. The third-order valence-corrected chi connectivity index (χ3v) is 2.55. The highest BCUT2D eigenvalue weighted by Gasteiger charge is 2.05. The van der Waals surface area contributed by atoms with Gasteiger partial charge >= 0.3 is 5.97 Å². The number of carbonyl (C=O) groups is 1. The van der Waals surface area contributed by atoms with Crippen LogP contribution < -0.4 is 5.32 Å². The molecule has 0 fully saturated rings. The van der Waals surface area contributed by atoms with Crippen molar-refractivity contribution >= 4 is 5.97 Å². The summed E-state index contributed by atoms with van der Waals surface area (Å²) in [6.07, 6.45) is 0. The second-order valence-electron chi connectivity index (χ2n) is 4.10. The quantitative estimate of drug-likeness (QED) is 0.703. The van der Waals surface area contributed by atoms with Gasteiger partial charge in [-0.1, -0.05) is 19.1 Å². The van der Waals surface area contributed by atoms with E-state index in [1.54, 1.807) is 18.2 Å². The summed E-state index contributed by atoms with van der Waals surface area (Å²) in [7, 11) is 2.03. The van der Waals surface area contributed by atoms with Gasteiger partial charge in [-0.3, -0.25) is 0 Å². The Bertz CT molecular complexity index is 366. The lowest BCUT2D eigenvalue weighted by molar-refractivity contribution is 0.0696. The lowest BCUT2D eigenvalue weighted by Crippen LogP contribution is -2.28. The number of nitrogens with zero attached hydrogens (tertiary/aromatic N) is 1. The van der Waals surface area contributed by atoms with Crippen molar-refractivity contribution in [2.45, 2.75) is 13.5 Å². The van der Waals surface area contributed by atoms with Gasteiger partial charge in [0.05, 0.1) is 5.56 Å². The lowest BCUT2D eigenvalue weighted by atomic mass is 10.1. The number of benzene rings is 1. The standard InChI is InChI=1S/C13H20N2O2/c1-3-14-7-8-15(2)10-11-5-4-6-12(9-11)13(16)17/h4-6,9,14H,3,7-8,10H2,1-2H3,(H,16,17). The minimum Gasteiger partial charge on any atom is -0.478 e. The number of carboxylic acid groups (broad SMARTS) is 1. The van der Waals surface area contributed by atoms with E-state index >= 15 is 0 Å². The van der Waals surface area contributed by atoms with Crippen molar-refractivity contribution < 1.29 is 9.90 Å². The zero-order chi connectivity index (χ0) is 12.7. The summed E-state index contributed by atoms with van der Waals surface area (Å²) < 4.78 is 0. The fourth-order valence-corrected chi connectivity index (χ4v) is 1.64.